The average Bonchev–Trinajstić information content (AvgIpc) is 2.34. The first-order chi connectivity index (χ1) is 8.58. The van der Waals surface area contributed by atoms with Crippen LogP contribution in [0.5, 0.6) is 0 Å². The summed E-state index contributed by atoms with van der Waals surface area (Å²) in [4.78, 5) is 6.95. The van der Waals surface area contributed by atoms with E-state index in [2.05, 4.69) is 43.0 Å². The van der Waals surface area contributed by atoms with Crippen molar-refractivity contribution in [2.45, 2.75) is 19.4 Å². The minimum Gasteiger partial charge on any atom is -0.353 e. The number of fused-ring (bicyclic) bond motifs is 1. The minimum absolute atomic E-state index is 0.0483. The fourth-order valence-corrected chi connectivity index (χ4v) is 2.42. The Morgan fingerprint density at radius 2 is 1.89 bits per heavy atom. The normalized spacial score (nSPS) is 18.1. The van der Waals surface area contributed by atoms with Gasteiger partial charge in [-0.2, -0.15) is 0 Å². The summed E-state index contributed by atoms with van der Waals surface area (Å²) in [6.07, 6.45) is 0. The van der Waals surface area contributed by atoms with Gasteiger partial charge >= 0.3 is 0 Å². The SMILES string of the molecule is CC(C)C1(N)CN(c2ccc3ccccc3n2)C1. The second-order valence-corrected chi connectivity index (χ2v) is 5.61. The van der Waals surface area contributed by atoms with Gasteiger partial charge in [0, 0.05) is 18.5 Å². The van der Waals surface area contributed by atoms with Crippen LogP contribution in [0, 0.1) is 5.92 Å². The van der Waals surface area contributed by atoms with Gasteiger partial charge in [0.2, 0.25) is 0 Å². The van der Waals surface area contributed by atoms with Gasteiger partial charge in [-0.1, -0.05) is 32.0 Å². The van der Waals surface area contributed by atoms with Crippen molar-refractivity contribution in [3.8, 4) is 0 Å². The number of nitrogens with zero attached hydrogens (tertiary/aromatic N) is 2. The van der Waals surface area contributed by atoms with E-state index in [4.69, 9.17) is 10.7 Å². The molecule has 0 radical (unpaired) electrons. The fourth-order valence-electron chi connectivity index (χ4n) is 2.42. The molecule has 1 saturated heterocycles. The summed E-state index contributed by atoms with van der Waals surface area (Å²) in [5, 5.41) is 1.18. The van der Waals surface area contributed by atoms with Crippen LogP contribution in [0.3, 0.4) is 0 Å². The number of anilines is 1. The molecule has 1 aromatic carbocycles. The van der Waals surface area contributed by atoms with Crippen LogP contribution >= 0.6 is 0 Å². The van der Waals surface area contributed by atoms with E-state index in [9.17, 15) is 0 Å². The van der Waals surface area contributed by atoms with Crippen molar-refractivity contribution in [3.05, 3.63) is 36.4 Å². The van der Waals surface area contributed by atoms with E-state index in [1.54, 1.807) is 0 Å². The van der Waals surface area contributed by atoms with Gasteiger partial charge in [-0.25, -0.2) is 4.98 Å². The Bertz CT molecular complexity index is 571. The molecule has 0 saturated carbocycles. The van der Waals surface area contributed by atoms with E-state index in [1.165, 1.54) is 5.39 Å². The van der Waals surface area contributed by atoms with Crippen LogP contribution in [0.15, 0.2) is 36.4 Å². The zero-order valence-electron chi connectivity index (χ0n) is 10.9. The molecule has 0 amide bonds. The second kappa shape index (κ2) is 3.95. The number of para-hydroxylation sites is 1. The van der Waals surface area contributed by atoms with Crippen molar-refractivity contribution in [3.63, 3.8) is 0 Å². The molecule has 2 heterocycles. The molecular formula is C15H19N3. The van der Waals surface area contributed by atoms with Crippen molar-refractivity contribution < 1.29 is 0 Å². The lowest BCUT2D eigenvalue weighted by atomic mass is 9.80. The summed E-state index contributed by atoms with van der Waals surface area (Å²) in [5.41, 5.74) is 7.32. The highest BCUT2D eigenvalue weighted by atomic mass is 15.3. The first-order valence-electron chi connectivity index (χ1n) is 6.48. The van der Waals surface area contributed by atoms with Crippen LogP contribution in [0.2, 0.25) is 0 Å². The predicted molar refractivity (Wildman–Crippen MR) is 75.7 cm³/mol. The lowest BCUT2D eigenvalue weighted by molar-refractivity contribution is 0.244. The van der Waals surface area contributed by atoms with Gasteiger partial charge in [-0.15, -0.1) is 0 Å². The number of nitrogens with two attached hydrogens (primary N) is 1. The lowest BCUT2D eigenvalue weighted by Crippen LogP contribution is -2.70. The molecule has 1 aromatic heterocycles. The Balaban J connectivity index is 1.85. The Morgan fingerprint density at radius 3 is 2.61 bits per heavy atom. The molecule has 0 aliphatic carbocycles. The molecule has 18 heavy (non-hydrogen) atoms. The van der Waals surface area contributed by atoms with Crippen molar-refractivity contribution in [2.75, 3.05) is 18.0 Å². The highest BCUT2D eigenvalue weighted by molar-refractivity contribution is 5.80. The monoisotopic (exact) mass is 241 g/mol. The summed E-state index contributed by atoms with van der Waals surface area (Å²) in [7, 11) is 0. The lowest BCUT2D eigenvalue weighted by Gasteiger charge is -2.51. The largest absolute Gasteiger partial charge is 0.353 e. The Labute approximate surface area is 108 Å². The van der Waals surface area contributed by atoms with Gasteiger partial charge in [-0.3, -0.25) is 0 Å². The Hall–Kier alpha value is -1.61. The quantitative estimate of drug-likeness (QED) is 0.878. The summed E-state index contributed by atoms with van der Waals surface area (Å²) in [6.45, 7) is 6.17. The number of rotatable bonds is 2. The fraction of sp³-hybridized carbons (Fsp3) is 0.400. The molecule has 0 spiro atoms. The summed E-state index contributed by atoms with van der Waals surface area (Å²) in [6, 6.07) is 12.4. The summed E-state index contributed by atoms with van der Waals surface area (Å²) >= 11 is 0. The van der Waals surface area contributed by atoms with Crippen molar-refractivity contribution in [2.24, 2.45) is 11.7 Å². The van der Waals surface area contributed by atoms with Crippen LogP contribution in [0.25, 0.3) is 10.9 Å². The smallest absolute Gasteiger partial charge is 0.129 e. The number of pyridine rings is 1. The first-order valence-corrected chi connectivity index (χ1v) is 6.48. The van der Waals surface area contributed by atoms with Crippen LogP contribution in [-0.4, -0.2) is 23.6 Å². The summed E-state index contributed by atoms with van der Waals surface area (Å²) < 4.78 is 0. The molecular weight excluding hydrogens is 222 g/mol. The van der Waals surface area contributed by atoms with Gasteiger partial charge in [0.1, 0.15) is 5.82 Å². The molecule has 3 nitrogen and oxygen atoms in total. The van der Waals surface area contributed by atoms with E-state index in [1.807, 2.05) is 12.1 Å². The van der Waals surface area contributed by atoms with Crippen molar-refractivity contribution in [1.82, 2.24) is 4.98 Å². The number of hydrogen-bond acceptors (Lipinski definition) is 3. The predicted octanol–water partition coefficient (Wildman–Crippen LogP) is 2.41. The first kappa shape index (κ1) is 11.5. The molecule has 2 N–H and O–H groups in total. The highest BCUT2D eigenvalue weighted by Gasteiger charge is 2.42. The van der Waals surface area contributed by atoms with E-state index in [0.29, 0.717) is 5.92 Å². The van der Waals surface area contributed by atoms with E-state index in [-0.39, 0.29) is 5.54 Å². The van der Waals surface area contributed by atoms with E-state index in [0.717, 1.165) is 24.4 Å². The molecule has 1 aliphatic rings. The van der Waals surface area contributed by atoms with Crippen molar-refractivity contribution >= 4 is 16.7 Å². The zero-order chi connectivity index (χ0) is 12.8. The molecule has 94 valence electrons. The van der Waals surface area contributed by atoms with Gasteiger partial charge in [0.25, 0.3) is 0 Å². The maximum absolute atomic E-state index is 6.32. The molecule has 3 heteroatoms. The van der Waals surface area contributed by atoms with Crippen LogP contribution < -0.4 is 10.6 Å². The Kier molecular flexibility index (Phi) is 2.52. The number of hydrogen-bond donors (Lipinski definition) is 1. The van der Waals surface area contributed by atoms with Crippen LogP contribution in [-0.2, 0) is 0 Å². The van der Waals surface area contributed by atoms with Gasteiger partial charge in [0.15, 0.2) is 0 Å². The second-order valence-electron chi connectivity index (χ2n) is 5.61. The molecule has 3 rings (SSSR count). The average molecular weight is 241 g/mol. The summed E-state index contributed by atoms with van der Waals surface area (Å²) in [5.74, 6) is 1.55. The van der Waals surface area contributed by atoms with Gasteiger partial charge < -0.3 is 10.6 Å². The third kappa shape index (κ3) is 1.75. The van der Waals surface area contributed by atoms with Gasteiger partial charge in [-0.05, 0) is 24.1 Å². The minimum atomic E-state index is -0.0483. The topological polar surface area (TPSA) is 42.1 Å². The molecule has 1 fully saturated rings. The van der Waals surface area contributed by atoms with Crippen molar-refractivity contribution in [1.29, 1.82) is 0 Å². The molecule has 2 aromatic rings. The third-order valence-electron chi connectivity index (χ3n) is 4.03. The number of benzene rings is 1. The highest BCUT2D eigenvalue weighted by Crippen LogP contribution is 2.30. The standard InChI is InChI=1S/C15H19N3/c1-11(2)15(16)9-18(10-15)14-8-7-12-5-3-4-6-13(12)17-14/h3-8,11H,9-10,16H2,1-2H3. The number of aromatic nitrogens is 1. The van der Waals surface area contributed by atoms with Crippen LogP contribution in [0.1, 0.15) is 13.8 Å². The third-order valence-corrected chi connectivity index (χ3v) is 4.03. The van der Waals surface area contributed by atoms with Gasteiger partial charge in [0.05, 0.1) is 11.1 Å². The molecule has 0 bridgehead atoms. The van der Waals surface area contributed by atoms with Crippen LogP contribution in [0.4, 0.5) is 5.82 Å². The molecule has 0 unspecified atom stereocenters. The van der Waals surface area contributed by atoms with E-state index < -0.39 is 0 Å². The molecule has 1 aliphatic heterocycles. The maximum Gasteiger partial charge on any atom is 0.129 e. The Morgan fingerprint density at radius 1 is 1.17 bits per heavy atom. The van der Waals surface area contributed by atoms with E-state index >= 15 is 0 Å². The molecule has 0 atom stereocenters. The maximum atomic E-state index is 6.32. The zero-order valence-corrected chi connectivity index (χ0v) is 10.9.